The summed E-state index contributed by atoms with van der Waals surface area (Å²) in [5.41, 5.74) is 10.8. The molecule has 1 heterocycles. The Morgan fingerprint density at radius 1 is 0.735 bits per heavy atom. The molecule has 0 aromatic heterocycles. The number of hydrogen-bond donors (Lipinski definition) is 7. The summed E-state index contributed by atoms with van der Waals surface area (Å²) in [5.74, 6) is -3.10. The van der Waals surface area contributed by atoms with Crippen LogP contribution in [0.15, 0.2) is 4.99 Å². The summed E-state index contributed by atoms with van der Waals surface area (Å²) in [5, 5.41) is 27.2. The van der Waals surface area contributed by atoms with E-state index in [0.29, 0.717) is 78.3 Å². The van der Waals surface area contributed by atoms with Gasteiger partial charge in [-0.25, -0.2) is 0 Å². The summed E-state index contributed by atoms with van der Waals surface area (Å²) in [6.07, 6.45) is 5.50. The minimum atomic E-state index is -0.996. The number of nitrogens with two attached hydrogens (primary N) is 2. The fourth-order valence-corrected chi connectivity index (χ4v) is 5.22. The van der Waals surface area contributed by atoms with Crippen LogP contribution in [-0.4, -0.2) is 176 Å². The molecule has 0 spiro atoms. The van der Waals surface area contributed by atoms with E-state index in [-0.39, 0.29) is 56.9 Å². The van der Waals surface area contributed by atoms with Crippen molar-refractivity contribution in [1.29, 1.82) is 0 Å². The van der Waals surface area contributed by atoms with Gasteiger partial charge in [0.2, 0.25) is 17.7 Å². The number of carbonyl (C=O) groups is 6. The molecule has 1 atom stereocenters. The molecule has 18 heteroatoms. The minimum Gasteiger partial charge on any atom is -0.480 e. The van der Waals surface area contributed by atoms with E-state index in [1.54, 1.807) is 9.80 Å². The quantitative estimate of drug-likeness (QED) is 0.0263. The molecule has 280 valence electrons. The molecular weight excluding hydrogens is 640 g/mol. The first kappa shape index (κ1) is 43.2. The number of hydrogen-bond acceptors (Lipinski definition) is 11. The number of aliphatic carboxylic acids is 2. The van der Waals surface area contributed by atoms with Crippen LogP contribution in [0.4, 0.5) is 0 Å². The highest BCUT2D eigenvalue weighted by Gasteiger charge is 2.22. The van der Waals surface area contributed by atoms with Crippen LogP contribution in [0.3, 0.4) is 0 Å². The summed E-state index contributed by atoms with van der Waals surface area (Å²) in [7, 11) is 0. The van der Waals surface area contributed by atoms with Crippen LogP contribution >= 0.6 is 0 Å². The van der Waals surface area contributed by atoms with E-state index >= 15 is 0 Å². The Balaban J connectivity index is 2.77. The topological polar surface area (TPSA) is 256 Å². The number of carboxylic acid groups (broad SMARTS) is 2. The van der Waals surface area contributed by atoms with Gasteiger partial charge in [0.1, 0.15) is 12.3 Å². The lowest BCUT2D eigenvalue weighted by atomic mass is 10.1. The van der Waals surface area contributed by atoms with Gasteiger partial charge in [-0.05, 0) is 19.3 Å². The highest BCUT2D eigenvalue weighted by molar-refractivity contribution is 5.88. The number of rotatable bonds is 22. The summed E-state index contributed by atoms with van der Waals surface area (Å²) < 4.78 is 0. The molecule has 1 aliphatic rings. The molecule has 1 aliphatic heterocycles. The molecule has 0 aromatic carbocycles. The molecule has 1 fully saturated rings. The maximum Gasteiger partial charge on any atom is 0.317 e. The maximum atomic E-state index is 12.9. The Kier molecular flexibility index (Phi) is 22.9. The molecule has 0 radical (unpaired) electrons. The van der Waals surface area contributed by atoms with Crippen LogP contribution in [-0.2, 0) is 28.8 Å². The average molecular weight is 699 g/mol. The number of guanidine groups is 1. The summed E-state index contributed by atoms with van der Waals surface area (Å²) in [6, 6.07) is -0.779. The van der Waals surface area contributed by atoms with Crippen molar-refractivity contribution in [3.8, 4) is 0 Å². The van der Waals surface area contributed by atoms with E-state index in [2.05, 4.69) is 27.9 Å². The molecule has 0 aromatic rings. The lowest BCUT2D eigenvalue weighted by Crippen LogP contribution is -2.49. The van der Waals surface area contributed by atoms with Crippen LogP contribution < -0.4 is 27.4 Å². The van der Waals surface area contributed by atoms with Gasteiger partial charge in [-0.3, -0.25) is 48.6 Å². The van der Waals surface area contributed by atoms with E-state index in [1.807, 2.05) is 9.80 Å². The van der Waals surface area contributed by atoms with Gasteiger partial charge in [0.05, 0.1) is 26.2 Å². The second-order valence-corrected chi connectivity index (χ2v) is 12.1. The standard InChI is InChI=1S/C31H58N10O8/c1-2-3-4-5-9-35-30(49)25(7-6-10-36-31(32)33)37-26(43)8-11-34-27(44)22-39-16-18-40(23-28(45)46)14-12-38(20-21-42)13-15-41(19-17-39)24-29(47)48/h21,25H,2-20,22-24H2,1H3,(H,34,44)(H,35,49)(H,37,43)(H,45,46)(H,47,48)(H4,32,33,36). The number of unbranched alkanes of at least 4 members (excludes halogenated alkanes) is 3. The normalized spacial score (nSPS) is 16.3. The van der Waals surface area contributed by atoms with Gasteiger partial charge in [-0.15, -0.1) is 0 Å². The SMILES string of the molecule is CCCCCCNC(=O)C(CCCN=C(N)N)NC(=O)CCNC(=O)CN1CCN(CC(=O)O)CCN(CC=O)CCN(CC(=O)O)CC1. The number of nitrogens with one attached hydrogen (secondary N) is 3. The Morgan fingerprint density at radius 3 is 1.80 bits per heavy atom. The first-order chi connectivity index (χ1) is 23.4. The lowest BCUT2D eigenvalue weighted by Gasteiger charge is -2.32. The molecule has 1 unspecified atom stereocenters. The van der Waals surface area contributed by atoms with E-state index in [0.717, 1.165) is 32.0 Å². The maximum absolute atomic E-state index is 12.9. The number of carboxylic acids is 2. The molecular formula is C31H58N10O8. The van der Waals surface area contributed by atoms with Crippen molar-refractivity contribution in [2.45, 2.75) is 57.9 Å². The van der Waals surface area contributed by atoms with Crippen molar-refractivity contribution in [3.63, 3.8) is 0 Å². The third-order valence-corrected chi connectivity index (χ3v) is 7.95. The van der Waals surface area contributed by atoms with Gasteiger partial charge in [0.15, 0.2) is 5.96 Å². The van der Waals surface area contributed by atoms with Crippen molar-refractivity contribution in [2.75, 3.05) is 98.2 Å². The molecule has 1 saturated heterocycles. The van der Waals surface area contributed by atoms with Crippen LogP contribution in [0, 0.1) is 0 Å². The zero-order valence-electron chi connectivity index (χ0n) is 28.9. The van der Waals surface area contributed by atoms with Crippen LogP contribution in [0.5, 0.6) is 0 Å². The highest BCUT2D eigenvalue weighted by Crippen LogP contribution is 2.03. The number of aldehydes is 1. The monoisotopic (exact) mass is 698 g/mol. The molecule has 1 rings (SSSR count). The van der Waals surface area contributed by atoms with Gasteiger partial charge < -0.3 is 42.4 Å². The van der Waals surface area contributed by atoms with Gasteiger partial charge in [0.25, 0.3) is 0 Å². The molecule has 0 aliphatic carbocycles. The van der Waals surface area contributed by atoms with Gasteiger partial charge in [-0.2, -0.15) is 0 Å². The van der Waals surface area contributed by atoms with Gasteiger partial charge >= 0.3 is 11.9 Å². The summed E-state index contributed by atoms with van der Waals surface area (Å²) >= 11 is 0. The number of carbonyl (C=O) groups excluding carboxylic acids is 4. The van der Waals surface area contributed by atoms with Crippen molar-refractivity contribution in [1.82, 2.24) is 35.6 Å². The molecule has 18 nitrogen and oxygen atoms in total. The first-order valence-corrected chi connectivity index (χ1v) is 17.1. The Bertz CT molecular complexity index is 1030. The molecule has 3 amide bonds. The van der Waals surface area contributed by atoms with Crippen LogP contribution in [0.1, 0.15) is 51.9 Å². The zero-order chi connectivity index (χ0) is 36.4. The first-order valence-electron chi connectivity index (χ1n) is 17.1. The smallest absolute Gasteiger partial charge is 0.317 e. The fraction of sp³-hybridized carbons (Fsp3) is 0.774. The summed E-state index contributed by atoms with van der Waals surface area (Å²) in [4.78, 5) is 83.7. The molecule has 49 heavy (non-hydrogen) atoms. The van der Waals surface area contributed by atoms with Crippen LogP contribution in [0.2, 0.25) is 0 Å². The molecule has 0 saturated carbocycles. The van der Waals surface area contributed by atoms with E-state index in [9.17, 15) is 39.0 Å². The number of aliphatic imine (C=N–C) groups is 1. The lowest BCUT2D eigenvalue weighted by molar-refractivity contribution is -0.139. The Morgan fingerprint density at radius 2 is 1.29 bits per heavy atom. The number of amides is 3. The Labute approximate surface area is 289 Å². The van der Waals surface area contributed by atoms with E-state index in [4.69, 9.17) is 11.5 Å². The largest absolute Gasteiger partial charge is 0.480 e. The van der Waals surface area contributed by atoms with Crippen molar-refractivity contribution >= 4 is 41.9 Å². The van der Waals surface area contributed by atoms with Crippen molar-refractivity contribution < 1.29 is 39.0 Å². The zero-order valence-corrected chi connectivity index (χ0v) is 28.9. The molecule has 9 N–H and O–H groups in total. The minimum absolute atomic E-state index is 0.0285. The molecule has 0 bridgehead atoms. The van der Waals surface area contributed by atoms with E-state index < -0.39 is 23.9 Å². The summed E-state index contributed by atoms with van der Waals surface area (Å²) in [6.45, 7) is 5.58. The Hall–Kier alpha value is -3.87. The predicted octanol–water partition coefficient (Wildman–Crippen LogP) is -2.68. The highest BCUT2D eigenvalue weighted by atomic mass is 16.4. The second-order valence-electron chi connectivity index (χ2n) is 12.1. The third kappa shape index (κ3) is 22.4. The third-order valence-electron chi connectivity index (χ3n) is 7.95. The average Bonchev–Trinajstić information content (AvgIpc) is 3.02. The fourth-order valence-electron chi connectivity index (χ4n) is 5.22. The van der Waals surface area contributed by atoms with Crippen molar-refractivity contribution in [2.24, 2.45) is 16.5 Å². The van der Waals surface area contributed by atoms with Crippen molar-refractivity contribution in [3.05, 3.63) is 0 Å². The van der Waals surface area contributed by atoms with Gasteiger partial charge in [0, 0.05) is 78.4 Å². The number of nitrogens with zero attached hydrogens (tertiary/aromatic N) is 5. The van der Waals surface area contributed by atoms with E-state index in [1.165, 1.54) is 0 Å². The van der Waals surface area contributed by atoms with Gasteiger partial charge in [-0.1, -0.05) is 26.2 Å². The second kappa shape index (κ2) is 26.1. The predicted molar refractivity (Wildman–Crippen MR) is 184 cm³/mol. The van der Waals surface area contributed by atoms with Crippen LogP contribution in [0.25, 0.3) is 0 Å².